The van der Waals surface area contributed by atoms with E-state index in [-0.39, 0.29) is 16.2 Å². The largest absolute Gasteiger partial charge is 0.476 e. The zero-order valence-corrected chi connectivity index (χ0v) is 11.7. The maximum Gasteiger partial charge on any atom is 0.357 e. The molecule has 0 aliphatic rings. The van der Waals surface area contributed by atoms with Crippen molar-refractivity contribution in [1.29, 1.82) is 0 Å². The third-order valence-corrected chi connectivity index (χ3v) is 4.70. The van der Waals surface area contributed by atoms with Crippen LogP contribution in [-0.2, 0) is 9.84 Å². The summed E-state index contributed by atoms with van der Waals surface area (Å²) in [4.78, 5) is 10.9. The molecule has 0 unspecified atom stereocenters. The summed E-state index contributed by atoms with van der Waals surface area (Å²) in [6, 6.07) is 3.16. The number of pyridine rings is 1. The van der Waals surface area contributed by atoms with Crippen molar-refractivity contribution in [2.24, 2.45) is 0 Å². The average Bonchev–Trinajstić information content (AvgIpc) is 2.68. The molecule has 96 valence electrons. The van der Waals surface area contributed by atoms with Crippen molar-refractivity contribution in [2.75, 3.05) is 5.75 Å². The summed E-state index contributed by atoms with van der Waals surface area (Å²) in [5, 5.41) is 12.8. The summed E-state index contributed by atoms with van der Waals surface area (Å²) in [7, 11) is -3.65. The van der Waals surface area contributed by atoms with Gasteiger partial charge in [-0.25, -0.2) is 17.7 Å². The van der Waals surface area contributed by atoms with Gasteiger partial charge in [-0.1, -0.05) is 6.92 Å². The summed E-state index contributed by atoms with van der Waals surface area (Å²) in [6.45, 7) is 1.46. The maximum atomic E-state index is 12.0. The number of sulfone groups is 1. The normalized spacial score (nSPS) is 11.9. The topological polar surface area (TPSA) is 88.7 Å². The molecular weight excluding hydrogens is 324 g/mol. The van der Waals surface area contributed by atoms with Gasteiger partial charge in [-0.15, -0.1) is 0 Å². The Bertz CT molecular complexity index is 736. The highest BCUT2D eigenvalue weighted by atomic mass is 79.9. The molecule has 2 aromatic rings. The molecule has 6 nitrogen and oxygen atoms in total. The summed E-state index contributed by atoms with van der Waals surface area (Å²) < 4.78 is 25.8. The predicted octanol–water partition coefficient (Wildman–Crippen LogP) is 1.59. The summed E-state index contributed by atoms with van der Waals surface area (Å²) in [6.07, 6.45) is 1.51. The van der Waals surface area contributed by atoms with E-state index in [0.29, 0.717) is 4.47 Å². The standard InChI is InChI=1S/C10H9BrN2O4S/c1-2-18(16,17)9-7-4-3-6(11)5-13(7)12-8(9)10(14)15/h3-5H,2H2,1H3,(H,14,15). The van der Waals surface area contributed by atoms with Crippen LogP contribution in [0.3, 0.4) is 0 Å². The van der Waals surface area contributed by atoms with E-state index in [0.717, 1.165) is 0 Å². The number of halogens is 1. The number of hydrogen-bond donors (Lipinski definition) is 1. The van der Waals surface area contributed by atoms with Crippen LogP contribution in [0.2, 0.25) is 0 Å². The molecule has 0 fully saturated rings. The number of rotatable bonds is 3. The Morgan fingerprint density at radius 3 is 2.72 bits per heavy atom. The van der Waals surface area contributed by atoms with Gasteiger partial charge in [0.15, 0.2) is 15.5 Å². The fourth-order valence-electron chi connectivity index (χ4n) is 1.59. The van der Waals surface area contributed by atoms with Crippen molar-refractivity contribution in [2.45, 2.75) is 11.8 Å². The molecule has 1 N–H and O–H groups in total. The zero-order valence-electron chi connectivity index (χ0n) is 9.29. The van der Waals surface area contributed by atoms with Gasteiger partial charge in [0.2, 0.25) is 0 Å². The molecule has 2 heterocycles. The number of aromatic nitrogens is 2. The number of nitrogens with zero attached hydrogens (tertiary/aromatic N) is 2. The Labute approximate surface area is 111 Å². The minimum absolute atomic E-state index is 0.176. The van der Waals surface area contributed by atoms with E-state index < -0.39 is 21.5 Å². The SMILES string of the molecule is CCS(=O)(=O)c1c(C(=O)O)nn2cc(Br)ccc12. The van der Waals surface area contributed by atoms with E-state index in [1.807, 2.05) is 0 Å². The summed E-state index contributed by atoms with van der Waals surface area (Å²) >= 11 is 3.21. The van der Waals surface area contributed by atoms with Crippen LogP contribution in [0.25, 0.3) is 5.52 Å². The van der Waals surface area contributed by atoms with Crippen LogP contribution in [0.4, 0.5) is 0 Å². The van der Waals surface area contributed by atoms with Gasteiger partial charge < -0.3 is 5.11 Å². The first-order valence-corrected chi connectivity index (χ1v) is 7.45. The fraction of sp³-hybridized carbons (Fsp3) is 0.200. The highest BCUT2D eigenvalue weighted by Crippen LogP contribution is 2.24. The molecule has 0 aliphatic heterocycles. The van der Waals surface area contributed by atoms with Crippen LogP contribution in [0, 0.1) is 0 Å². The average molecular weight is 333 g/mol. The van der Waals surface area contributed by atoms with Crippen molar-refractivity contribution in [3.63, 3.8) is 0 Å². The molecule has 0 radical (unpaired) electrons. The molecule has 0 bridgehead atoms. The zero-order chi connectivity index (χ0) is 13.5. The van der Waals surface area contributed by atoms with Gasteiger partial charge in [-0.05, 0) is 28.1 Å². The third kappa shape index (κ3) is 2.01. The lowest BCUT2D eigenvalue weighted by atomic mass is 10.3. The van der Waals surface area contributed by atoms with Crippen molar-refractivity contribution in [3.8, 4) is 0 Å². The molecular formula is C10H9BrN2O4S. The summed E-state index contributed by atoms with van der Waals surface area (Å²) in [5.74, 6) is -1.54. The summed E-state index contributed by atoms with van der Waals surface area (Å²) in [5.41, 5.74) is -0.188. The monoisotopic (exact) mass is 332 g/mol. The van der Waals surface area contributed by atoms with Crippen LogP contribution in [0.1, 0.15) is 17.4 Å². The minimum atomic E-state index is -3.65. The van der Waals surface area contributed by atoms with Gasteiger partial charge in [-0.2, -0.15) is 5.10 Å². The second-order valence-corrected chi connectivity index (χ2v) is 6.69. The first-order chi connectivity index (χ1) is 8.36. The van der Waals surface area contributed by atoms with E-state index in [1.165, 1.54) is 23.7 Å². The molecule has 0 aromatic carbocycles. The van der Waals surface area contributed by atoms with E-state index in [1.54, 1.807) is 6.07 Å². The van der Waals surface area contributed by atoms with Gasteiger partial charge in [0.05, 0.1) is 11.3 Å². The van der Waals surface area contributed by atoms with Gasteiger partial charge in [0.25, 0.3) is 0 Å². The number of carboxylic acids is 1. The molecule has 2 aromatic heterocycles. The molecule has 2 rings (SSSR count). The van der Waals surface area contributed by atoms with Crippen molar-refractivity contribution in [3.05, 3.63) is 28.5 Å². The van der Waals surface area contributed by atoms with Gasteiger partial charge in [0.1, 0.15) is 4.90 Å². The van der Waals surface area contributed by atoms with Gasteiger partial charge in [0, 0.05) is 10.7 Å². The molecule has 8 heteroatoms. The van der Waals surface area contributed by atoms with Crippen LogP contribution in [-0.4, -0.2) is 34.9 Å². The molecule has 0 saturated carbocycles. The Hall–Kier alpha value is -1.41. The van der Waals surface area contributed by atoms with E-state index in [9.17, 15) is 13.2 Å². The van der Waals surface area contributed by atoms with Crippen LogP contribution in [0.15, 0.2) is 27.7 Å². The Balaban J connectivity index is 2.92. The lowest BCUT2D eigenvalue weighted by Gasteiger charge is -2.00. The predicted molar refractivity (Wildman–Crippen MR) is 67.6 cm³/mol. The molecule has 0 saturated heterocycles. The molecule has 0 aliphatic carbocycles. The lowest BCUT2D eigenvalue weighted by molar-refractivity contribution is 0.0686. The van der Waals surface area contributed by atoms with Crippen molar-refractivity contribution in [1.82, 2.24) is 9.61 Å². The third-order valence-electron chi connectivity index (χ3n) is 2.44. The van der Waals surface area contributed by atoms with Crippen LogP contribution < -0.4 is 0 Å². The second-order valence-electron chi connectivity index (χ2n) is 3.56. The van der Waals surface area contributed by atoms with Crippen molar-refractivity contribution >= 4 is 37.3 Å². The quantitative estimate of drug-likeness (QED) is 0.921. The van der Waals surface area contributed by atoms with Crippen molar-refractivity contribution < 1.29 is 18.3 Å². The number of aromatic carboxylic acids is 1. The van der Waals surface area contributed by atoms with Crippen LogP contribution >= 0.6 is 15.9 Å². The Morgan fingerprint density at radius 2 is 2.17 bits per heavy atom. The van der Waals surface area contributed by atoms with E-state index >= 15 is 0 Å². The van der Waals surface area contributed by atoms with E-state index in [2.05, 4.69) is 21.0 Å². The second kappa shape index (κ2) is 4.36. The Kier molecular flexibility index (Phi) is 3.16. The molecule has 18 heavy (non-hydrogen) atoms. The number of fused-ring (bicyclic) bond motifs is 1. The fourth-order valence-corrected chi connectivity index (χ4v) is 3.11. The minimum Gasteiger partial charge on any atom is -0.476 e. The Morgan fingerprint density at radius 1 is 1.50 bits per heavy atom. The highest BCUT2D eigenvalue weighted by Gasteiger charge is 2.27. The molecule has 0 atom stereocenters. The number of hydrogen-bond acceptors (Lipinski definition) is 4. The van der Waals surface area contributed by atoms with Gasteiger partial charge in [-0.3, -0.25) is 0 Å². The number of carboxylic acid groups (broad SMARTS) is 1. The van der Waals surface area contributed by atoms with Crippen LogP contribution in [0.5, 0.6) is 0 Å². The maximum absolute atomic E-state index is 12.0. The first-order valence-electron chi connectivity index (χ1n) is 5.00. The smallest absolute Gasteiger partial charge is 0.357 e. The lowest BCUT2D eigenvalue weighted by Crippen LogP contribution is -2.09. The molecule has 0 spiro atoms. The number of carbonyl (C=O) groups is 1. The van der Waals surface area contributed by atoms with E-state index in [4.69, 9.17) is 5.11 Å². The highest BCUT2D eigenvalue weighted by molar-refractivity contribution is 9.10. The van der Waals surface area contributed by atoms with Gasteiger partial charge >= 0.3 is 5.97 Å². The molecule has 0 amide bonds. The first kappa shape index (κ1) is 13.0.